The van der Waals surface area contributed by atoms with E-state index in [-0.39, 0.29) is 5.82 Å². The van der Waals surface area contributed by atoms with Crippen molar-refractivity contribution < 1.29 is 19.0 Å². The summed E-state index contributed by atoms with van der Waals surface area (Å²) in [6, 6.07) is 6.45. The number of hydrogen-bond acceptors (Lipinski definition) is 4. The van der Waals surface area contributed by atoms with Crippen molar-refractivity contribution in [3.05, 3.63) is 35.6 Å². The van der Waals surface area contributed by atoms with Crippen molar-refractivity contribution >= 4 is 0 Å². The maximum atomic E-state index is 13.7. The van der Waals surface area contributed by atoms with Crippen molar-refractivity contribution in [2.75, 3.05) is 32.8 Å². The van der Waals surface area contributed by atoms with Crippen LogP contribution in [0, 0.1) is 5.82 Å². The molecule has 128 valence electrons. The number of likely N-dealkylation sites (tertiary alicyclic amines) is 1. The second-order valence-electron chi connectivity index (χ2n) is 6.49. The van der Waals surface area contributed by atoms with E-state index in [1.807, 2.05) is 0 Å². The van der Waals surface area contributed by atoms with E-state index in [2.05, 4.69) is 4.90 Å². The molecule has 3 rings (SSSR count). The first-order valence-electron chi connectivity index (χ1n) is 8.60. The Morgan fingerprint density at radius 3 is 2.48 bits per heavy atom. The van der Waals surface area contributed by atoms with Crippen LogP contribution < -0.4 is 0 Å². The van der Waals surface area contributed by atoms with E-state index in [1.54, 1.807) is 18.2 Å². The lowest BCUT2D eigenvalue weighted by atomic mass is 10.0. The number of halogens is 1. The zero-order valence-electron chi connectivity index (χ0n) is 13.5. The zero-order chi connectivity index (χ0) is 16.1. The third kappa shape index (κ3) is 4.73. The Balaban J connectivity index is 1.43. The minimum Gasteiger partial charge on any atom is -0.387 e. The molecule has 1 unspecified atom stereocenters. The number of rotatable bonds is 5. The summed E-state index contributed by atoms with van der Waals surface area (Å²) in [7, 11) is 0. The first-order valence-corrected chi connectivity index (χ1v) is 8.60. The molecule has 0 radical (unpaired) electrons. The molecular weight excluding hydrogens is 297 g/mol. The van der Waals surface area contributed by atoms with Crippen LogP contribution in [0.4, 0.5) is 4.39 Å². The van der Waals surface area contributed by atoms with E-state index < -0.39 is 6.10 Å². The van der Waals surface area contributed by atoms with Gasteiger partial charge in [0.05, 0.1) is 18.3 Å². The number of ether oxygens (including phenoxy) is 2. The maximum Gasteiger partial charge on any atom is 0.129 e. The van der Waals surface area contributed by atoms with Crippen molar-refractivity contribution in [1.82, 2.24) is 4.90 Å². The maximum absolute atomic E-state index is 13.7. The van der Waals surface area contributed by atoms with Crippen LogP contribution in [0.2, 0.25) is 0 Å². The molecule has 2 aliphatic rings. The monoisotopic (exact) mass is 323 g/mol. The van der Waals surface area contributed by atoms with Crippen molar-refractivity contribution in [1.29, 1.82) is 0 Å². The smallest absolute Gasteiger partial charge is 0.129 e. The molecule has 2 fully saturated rings. The molecule has 2 heterocycles. The number of hydrogen-bond donors (Lipinski definition) is 1. The molecule has 2 saturated heterocycles. The summed E-state index contributed by atoms with van der Waals surface area (Å²) in [6.07, 6.45) is 3.80. The highest BCUT2D eigenvalue weighted by atomic mass is 19.1. The second kappa shape index (κ2) is 8.20. The lowest BCUT2D eigenvalue weighted by molar-refractivity contribution is -0.0865. The van der Waals surface area contributed by atoms with Crippen molar-refractivity contribution in [2.45, 2.75) is 44.0 Å². The first kappa shape index (κ1) is 16.8. The Hall–Kier alpha value is -1.01. The van der Waals surface area contributed by atoms with Gasteiger partial charge in [0, 0.05) is 38.4 Å². The van der Waals surface area contributed by atoms with Gasteiger partial charge in [0.2, 0.25) is 0 Å². The molecule has 0 amide bonds. The summed E-state index contributed by atoms with van der Waals surface area (Å²) >= 11 is 0. The summed E-state index contributed by atoms with van der Waals surface area (Å²) in [5.74, 6) is -0.335. The lowest BCUT2D eigenvalue weighted by Crippen LogP contribution is -2.41. The molecular formula is C18H26FNO3. The fourth-order valence-electron chi connectivity index (χ4n) is 3.40. The Kier molecular flexibility index (Phi) is 6.00. The van der Waals surface area contributed by atoms with E-state index in [0.29, 0.717) is 24.3 Å². The highest BCUT2D eigenvalue weighted by Crippen LogP contribution is 2.23. The number of β-amino-alcohol motifs (C(OH)–C–C–N with tert-alkyl or cyclic N) is 1. The van der Waals surface area contributed by atoms with Gasteiger partial charge in [0.1, 0.15) is 5.82 Å². The second-order valence-corrected chi connectivity index (χ2v) is 6.49. The molecule has 1 aromatic carbocycles. The van der Waals surface area contributed by atoms with Gasteiger partial charge < -0.3 is 19.5 Å². The molecule has 1 atom stereocenters. The summed E-state index contributed by atoms with van der Waals surface area (Å²) in [5.41, 5.74) is 0.382. The summed E-state index contributed by atoms with van der Waals surface area (Å²) in [5, 5.41) is 10.3. The minimum atomic E-state index is -0.774. The fourth-order valence-corrected chi connectivity index (χ4v) is 3.40. The number of piperidine rings is 1. The third-order valence-corrected chi connectivity index (χ3v) is 4.78. The van der Waals surface area contributed by atoms with E-state index >= 15 is 0 Å². The van der Waals surface area contributed by atoms with Gasteiger partial charge in [-0.05, 0) is 31.7 Å². The average Bonchev–Trinajstić information content (AvgIpc) is 2.58. The lowest BCUT2D eigenvalue weighted by Gasteiger charge is -2.35. The Morgan fingerprint density at radius 1 is 1.13 bits per heavy atom. The van der Waals surface area contributed by atoms with Gasteiger partial charge in [-0.15, -0.1) is 0 Å². The highest BCUT2D eigenvalue weighted by molar-refractivity contribution is 5.20. The van der Waals surface area contributed by atoms with Crippen LogP contribution >= 0.6 is 0 Å². The predicted octanol–water partition coefficient (Wildman–Crippen LogP) is 2.52. The SMILES string of the molecule is OC(CN1CCC(OC2CCOCC2)CC1)c1ccccc1F. The van der Waals surface area contributed by atoms with E-state index in [1.165, 1.54) is 6.07 Å². The van der Waals surface area contributed by atoms with Crippen LogP contribution in [0.1, 0.15) is 37.4 Å². The standard InChI is InChI=1S/C18H26FNO3/c19-17-4-2-1-3-16(17)18(21)13-20-9-5-14(6-10-20)23-15-7-11-22-12-8-15/h1-4,14-15,18,21H,5-13H2. The number of aliphatic hydroxyl groups is 1. The van der Waals surface area contributed by atoms with Crippen LogP contribution in [0.25, 0.3) is 0 Å². The van der Waals surface area contributed by atoms with Gasteiger partial charge in [-0.2, -0.15) is 0 Å². The van der Waals surface area contributed by atoms with Crippen LogP contribution in [-0.2, 0) is 9.47 Å². The normalized spacial score (nSPS) is 23.0. The summed E-state index contributed by atoms with van der Waals surface area (Å²) < 4.78 is 25.2. The molecule has 1 N–H and O–H groups in total. The van der Waals surface area contributed by atoms with E-state index in [0.717, 1.165) is 52.0 Å². The molecule has 0 bridgehead atoms. The van der Waals surface area contributed by atoms with Crippen LogP contribution in [0.3, 0.4) is 0 Å². The highest BCUT2D eigenvalue weighted by Gasteiger charge is 2.25. The van der Waals surface area contributed by atoms with Gasteiger partial charge in [0.15, 0.2) is 0 Å². The van der Waals surface area contributed by atoms with Gasteiger partial charge in [-0.1, -0.05) is 18.2 Å². The van der Waals surface area contributed by atoms with Gasteiger partial charge in [-0.3, -0.25) is 0 Å². The molecule has 0 aliphatic carbocycles. The van der Waals surface area contributed by atoms with E-state index in [9.17, 15) is 9.50 Å². The minimum absolute atomic E-state index is 0.306. The Labute approximate surface area is 137 Å². The molecule has 23 heavy (non-hydrogen) atoms. The van der Waals surface area contributed by atoms with Crippen LogP contribution in [-0.4, -0.2) is 55.1 Å². The molecule has 0 aromatic heterocycles. The molecule has 0 spiro atoms. The number of aliphatic hydroxyl groups excluding tert-OH is 1. The Bertz CT molecular complexity index is 485. The predicted molar refractivity (Wildman–Crippen MR) is 85.7 cm³/mol. The summed E-state index contributed by atoms with van der Waals surface area (Å²) in [6.45, 7) is 3.86. The topological polar surface area (TPSA) is 41.9 Å². The number of nitrogens with zero attached hydrogens (tertiary/aromatic N) is 1. The van der Waals surface area contributed by atoms with Crippen molar-refractivity contribution in [3.63, 3.8) is 0 Å². The average molecular weight is 323 g/mol. The Morgan fingerprint density at radius 2 is 1.78 bits per heavy atom. The zero-order valence-corrected chi connectivity index (χ0v) is 13.5. The van der Waals surface area contributed by atoms with Crippen LogP contribution in [0.15, 0.2) is 24.3 Å². The quantitative estimate of drug-likeness (QED) is 0.904. The fraction of sp³-hybridized carbons (Fsp3) is 0.667. The first-order chi connectivity index (χ1) is 11.2. The summed E-state index contributed by atoms with van der Waals surface area (Å²) in [4.78, 5) is 2.20. The van der Waals surface area contributed by atoms with Gasteiger partial charge >= 0.3 is 0 Å². The molecule has 1 aromatic rings. The molecule has 5 heteroatoms. The third-order valence-electron chi connectivity index (χ3n) is 4.78. The number of benzene rings is 1. The van der Waals surface area contributed by atoms with Gasteiger partial charge in [0.25, 0.3) is 0 Å². The van der Waals surface area contributed by atoms with Crippen molar-refractivity contribution in [2.24, 2.45) is 0 Å². The molecule has 0 saturated carbocycles. The molecule has 2 aliphatic heterocycles. The van der Waals surface area contributed by atoms with Crippen molar-refractivity contribution in [3.8, 4) is 0 Å². The van der Waals surface area contributed by atoms with Crippen LogP contribution in [0.5, 0.6) is 0 Å². The molecule has 4 nitrogen and oxygen atoms in total. The largest absolute Gasteiger partial charge is 0.387 e. The van der Waals surface area contributed by atoms with Gasteiger partial charge in [-0.25, -0.2) is 4.39 Å². The van der Waals surface area contributed by atoms with E-state index in [4.69, 9.17) is 9.47 Å².